The van der Waals surface area contributed by atoms with Crippen LogP contribution in [-0.2, 0) is 13.0 Å². The quantitative estimate of drug-likeness (QED) is 0.884. The molecular weight excluding hydrogens is 231 g/mol. The monoisotopic (exact) mass is 246 g/mol. The van der Waals surface area contributed by atoms with Crippen molar-refractivity contribution in [2.75, 3.05) is 0 Å². The molecule has 18 heavy (non-hydrogen) atoms. The van der Waals surface area contributed by atoms with Gasteiger partial charge >= 0.3 is 0 Å². The molecule has 0 atom stereocenters. The Kier molecular flexibility index (Phi) is 3.46. The lowest BCUT2D eigenvalue weighted by Gasteiger charge is -2.07. The molecule has 0 radical (unpaired) electrons. The molecule has 0 bridgehead atoms. The summed E-state index contributed by atoms with van der Waals surface area (Å²) in [4.78, 5) is 11.1. The minimum absolute atomic E-state index is 0.230. The number of aromatic nitrogens is 1. The predicted molar refractivity (Wildman–Crippen MR) is 67.8 cm³/mol. The second-order valence-electron chi connectivity index (χ2n) is 4.25. The van der Waals surface area contributed by atoms with Crippen LogP contribution in [-0.4, -0.2) is 10.5 Å². The number of aryl methyl sites for hydroxylation is 2. The van der Waals surface area contributed by atoms with Crippen LogP contribution in [0.25, 0.3) is 0 Å². The number of halogens is 1. The van der Waals surface area contributed by atoms with Crippen LogP contribution >= 0.6 is 0 Å². The second kappa shape index (κ2) is 5.04. The zero-order valence-corrected chi connectivity index (χ0v) is 10.2. The number of amides is 1. The van der Waals surface area contributed by atoms with Crippen LogP contribution in [0.15, 0.2) is 36.5 Å². The van der Waals surface area contributed by atoms with Gasteiger partial charge in [0, 0.05) is 18.4 Å². The lowest BCUT2D eigenvalue weighted by Crippen LogP contribution is -2.12. The van der Waals surface area contributed by atoms with E-state index in [0.717, 1.165) is 24.2 Å². The summed E-state index contributed by atoms with van der Waals surface area (Å²) in [6, 6.07) is 8.16. The van der Waals surface area contributed by atoms with E-state index in [9.17, 15) is 9.18 Å². The first-order valence-corrected chi connectivity index (χ1v) is 5.78. The molecule has 2 rings (SSSR count). The van der Waals surface area contributed by atoms with Gasteiger partial charge in [-0.05, 0) is 37.1 Å². The lowest BCUT2D eigenvalue weighted by atomic mass is 10.1. The fourth-order valence-corrected chi connectivity index (χ4v) is 1.95. The van der Waals surface area contributed by atoms with E-state index < -0.39 is 5.91 Å². The van der Waals surface area contributed by atoms with Gasteiger partial charge in [0.15, 0.2) is 0 Å². The Hall–Kier alpha value is -2.10. The fourth-order valence-electron chi connectivity index (χ4n) is 1.95. The van der Waals surface area contributed by atoms with Crippen LogP contribution < -0.4 is 5.73 Å². The van der Waals surface area contributed by atoms with Gasteiger partial charge in [-0.25, -0.2) is 4.39 Å². The molecule has 0 aliphatic carbocycles. The topological polar surface area (TPSA) is 48.0 Å². The number of nitrogens with two attached hydrogens (primary N) is 1. The van der Waals surface area contributed by atoms with Crippen molar-refractivity contribution in [3.63, 3.8) is 0 Å². The van der Waals surface area contributed by atoms with Gasteiger partial charge in [0.05, 0.1) is 5.56 Å². The Morgan fingerprint density at radius 1 is 1.28 bits per heavy atom. The summed E-state index contributed by atoms with van der Waals surface area (Å²) in [5.74, 6) is -0.639. The van der Waals surface area contributed by atoms with Crippen LogP contribution in [0.3, 0.4) is 0 Å². The van der Waals surface area contributed by atoms with Gasteiger partial charge in [0.1, 0.15) is 5.82 Å². The van der Waals surface area contributed by atoms with Crippen molar-refractivity contribution >= 4 is 5.91 Å². The van der Waals surface area contributed by atoms with Gasteiger partial charge in [0.2, 0.25) is 0 Å². The first-order valence-electron chi connectivity index (χ1n) is 5.78. The summed E-state index contributed by atoms with van der Waals surface area (Å²) in [5.41, 5.74) is 7.73. The summed E-state index contributed by atoms with van der Waals surface area (Å²) in [6.07, 6.45) is 2.63. The third-order valence-corrected chi connectivity index (χ3v) is 3.06. The number of rotatable bonds is 4. The average Bonchev–Trinajstić information content (AvgIpc) is 2.70. The molecule has 1 amide bonds. The standard InChI is InChI=1S/C14H15FN2O/c1-10-13(14(16)18)7-9-17(10)8-6-11-2-4-12(15)5-3-11/h2-5,7,9H,6,8H2,1H3,(H2,16,18). The maximum Gasteiger partial charge on any atom is 0.250 e. The summed E-state index contributed by atoms with van der Waals surface area (Å²) in [7, 11) is 0. The Labute approximate surface area is 105 Å². The molecule has 0 saturated heterocycles. The van der Waals surface area contributed by atoms with Crippen LogP contribution in [0.4, 0.5) is 4.39 Å². The van der Waals surface area contributed by atoms with Gasteiger partial charge in [-0.15, -0.1) is 0 Å². The second-order valence-corrected chi connectivity index (χ2v) is 4.25. The lowest BCUT2D eigenvalue weighted by molar-refractivity contribution is 0.0999. The maximum absolute atomic E-state index is 12.7. The highest BCUT2D eigenvalue weighted by Crippen LogP contribution is 2.11. The molecule has 4 heteroatoms. The molecule has 2 N–H and O–H groups in total. The maximum atomic E-state index is 12.7. The van der Waals surface area contributed by atoms with Crippen molar-refractivity contribution < 1.29 is 9.18 Å². The summed E-state index contributed by atoms with van der Waals surface area (Å²) in [5, 5.41) is 0. The number of benzene rings is 1. The van der Waals surface area contributed by atoms with E-state index in [0.29, 0.717) is 5.56 Å². The van der Waals surface area contributed by atoms with E-state index in [2.05, 4.69) is 0 Å². The van der Waals surface area contributed by atoms with Crippen molar-refractivity contribution in [1.29, 1.82) is 0 Å². The fraction of sp³-hybridized carbons (Fsp3) is 0.214. The third kappa shape index (κ3) is 2.59. The number of primary amides is 1. The molecule has 0 spiro atoms. The number of hydrogen-bond donors (Lipinski definition) is 1. The van der Waals surface area contributed by atoms with Crippen LogP contribution in [0.2, 0.25) is 0 Å². The molecule has 0 aliphatic rings. The Morgan fingerprint density at radius 3 is 2.50 bits per heavy atom. The molecule has 0 fully saturated rings. The van der Waals surface area contributed by atoms with Gasteiger partial charge in [-0.2, -0.15) is 0 Å². The Bertz CT molecular complexity index is 558. The van der Waals surface area contributed by atoms with Gasteiger partial charge in [0.25, 0.3) is 5.91 Å². The first kappa shape index (κ1) is 12.4. The predicted octanol–water partition coefficient (Wildman–Crippen LogP) is 2.28. The molecule has 1 heterocycles. The van der Waals surface area contributed by atoms with Crippen molar-refractivity contribution in [2.45, 2.75) is 19.9 Å². The van der Waals surface area contributed by atoms with E-state index in [1.165, 1.54) is 12.1 Å². The average molecular weight is 246 g/mol. The minimum atomic E-state index is -0.409. The van der Waals surface area contributed by atoms with E-state index >= 15 is 0 Å². The zero-order valence-electron chi connectivity index (χ0n) is 10.2. The normalized spacial score (nSPS) is 10.6. The van der Waals surface area contributed by atoms with Gasteiger partial charge < -0.3 is 10.3 Å². The van der Waals surface area contributed by atoms with Crippen LogP contribution in [0.5, 0.6) is 0 Å². The zero-order chi connectivity index (χ0) is 13.1. The molecule has 3 nitrogen and oxygen atoms in total. The number of carbonyl (C=O) groups is 1. The molecule has 0 aliphatic heterocycles. The van der Waals surface area contributed by atoms with Crippen molar-refractivity contribution in [3.05, 3.63) is 59.2 Å². The van der Waals surface area contributed by atoms with Crippen LogP contribution in [0.1, 0.15) is 21.6 Å². The molecule has 1 aromatic carbocycles. The highest BCUT2D eigenvalue weighted by molar-refractivity contribution is 5.94. The molecule has 1 aromatic heterocycles. The van der Waals surface area contributed by atoms with E-state index in [1.807, 2.05) is 17.7 Å². The third-order valence-electron chi connectivity index (χ3n) is 3.06. The molecule has 0 unspecified atom stereocenters. The number of hydrogen-bond acceptors (Lipinski definition) is 1. The smallest absolute Gasteiger partial charge is 0.250 e. The first-order chi connectivity index (χ1) is 8.58. The Morgan fingerprint density at radius 2 is 1.94 bits per heavy atom. The SMILES string of the molecule is Cc1c(C(N)=O)ccn1CCc1ccc(F)cc1. The van der Waals surface area contributed by atoms with E-state index in [1.54, 1.807) is 18.2 Å². The van der Waals surface area contributed by atoms with Crippen molar-refractivity contribution in [2.24, 2.45) is 5.73 Å². The highest BCUT2D eigenvalue weighted by Gasteiger charge is 2.08. The van der Waals surface area contributed by atoms with E-state index in [-0.39, 0.29) is 5.82 Å². The molecule has 94 valence electrons. The summed E-state index contributed by atoms with van der Waals surface area (Å²) >= 11 is 0. The van der Waals surface area contributed by atoms with E-state index in [4.69, 9.17) is 5.73 Å². The molecular formula is C14H15FN2O. The summed E-state index contributed by atoms with van der Waals surface area (Å²) < 4.78 is 14.7. The largest absolute Gasteiger partial charge is 0.366 e. The van der Waals surface area contributed by atoms with Gasteiger partial charge in [-0.1, -0.05) is 12.1 Å². The van der Waals surface area contributed by atoms with Crippen LogP contribution in [0, 0.1) is 12.7 Å². The van der Waals surface area contributed by atoms with Gasteiger partial charge in [-0.3, -0.25) is 4.79 Å². The van der Waals surface area contributed by atoms with Crippen molar-refractivity contribution in [1.82, 2.24) is 4.57 Å². The molecule has 0 saturated carbocycles. The Balaban J connectivity index is 2.06. The number of nitrogens with zero attached hydrogens (tertiary/aromatic N) is 1. The molecule has 2 aromatic rings. The minimum Gasteiger partial charge on any atom is -0.366 e. The number of carbonyl (C=O) groups excluding carboxylic acids is 1. The summed E-state index contributed by atoms with van der Waals surface area (Å²) in [6.45, 7) is 2.61. The highest BCUT2D eigenvalue weighted by atomic mass is 19.1. The van der Waals surface area contributed by atoms with Crippen molar-refractivity contribution in [3.8, 4) is 0 Å².